The van der Waals surface area contributed by atoms with Gasteiger partial charge in [-0.05, 0) is 32.0 Å². The van der Waals surface area contributed by atoms with Crippen molar-refractivity contribution >= 4 is 17.2 Å². The maximum Gasteiger partial charge on any atom is 0.129 e. The number of hydrogen-bond acceptors (Lipinski definition) is 4. The fourth-order valence-corrected chi connectivity index (χ4v) is 2.80. The standard InChI is InChI=1S/C15H21NO3S/c1-10-8-16(9-11(2)19-10)15(20)13-7-12(17-3)5-6-14(13)18-4/h5-7,10-11H,8-9H2,1-4H3/t10-,11+. The van der Waals surface area contributed by atoms with Crippen LogP contribution in [-0.2, 0) is 4.74 Å². The molecule has 2 atom stereocenters. The molecule has 1 saturated heterocycles. The second kappa shape index (κ2) is 6.41. The van der Waals surface area contributed by atoms with Crippen LogP contribution in [0.5, 0.6) is 11.5 Å². The number of nitrogens with zero attached hydrogens (tertiary/aromatic N) is 1. The molecule has 1 aliphatic heterocycles. The van der Waals surface area contributed by atoms with Crippen molar-refractivity contribution in [3.8, 4) is 11.5 Å². The van der Waals surface area contributed by atoms with Gasteiger partial charge in [-0.3, -0.25) is 0 Å². The Bertz CT molecular complexity index is 482. The maximum absolute atomic E-state index is 5.75. The molecule has 1 heterocycles. The van der Waals surface area contributed by atoms with E-state index in [1.807, 2.05) is 18.2 Å². The van der Waals surface area contributed by atoms with E-state index >= 15 is 0 Å². The highest BCUT2D eigenvalue weighted by Gasteiger charge is 2.26. The smallest absolute Gasteiger partial charge is 0.129 e. The quantitative estimate of drug-likeness (QED) is 0.800. The first kappa shape index (κ1) is 15.1. The molecule has 20 heavy (non-hydrogen) atoms. The summed E-state index contributed by atoms with van der Waals surface area (Å²) in [5, 5.41) is 0. The van der Waals surface area contributed by atoms with Gasteiger partial charge in [0.25, 0.3) is 0 Å². The molecule has 0 aromatic heterocycles. The number of hydrogen-bond donors (Lipinski definition) is 0. The highest BCUT2D eigenvalue weighted by atomic mass is 32.1. The Morgan fingerprint density at radius 2 is 1.85 bits per heavy atom. The van der Waals surface area contributed by atoms with Crippen molar-refractivity contribution in [2.24, 2.45) is 0 Å². The molecule has 0 radical (unpaired) electrons. The van der Waals surface area contributed by atoms with Gasteiger partial charge in [0.2, 0.25) is 0 Å². The van der Waals surface area contributed by atoms with E-state index < -0.39 is 0 Å². The van der Waals surface area contributed by atoms with Gasteiger partial charge in [0.15, 0.2) is 0 Å². The lowest BCUT2D eigenvalue weighted by atomic mass is 10.1. The van der Waals surface area contributed by atoms with Crippen LogP contribution < -0.4 is 9.47 Å². The second-order valence-corrected chi connectivity index (χ2v) is 5.42. The fourth-order valence-electron chi connectivity index (χ4n) is 2.50. The van der Waals surface area contributed by atoms with Crippen LogP contribution in [0.25, 0.3) is 0 Å². The molecule has 0 amide bonds. The molecule has 0 aliphatic carbocycles. The van der Waals surface area contributed by atoms with Crippen LogP contribution in [0, 0.1) is 0 Å². The van der Waals surface area contributed by atoms with Gasteiger partial charge in [-0.25, -0.2) is 0 Å². The minimum Gasteiger partial charge on any atom is -0.497 e. The minimum absolute atomic E-state index is 0.174. The number of benzene rings is 1. The van der Waals surface area contributed by atoms with Crippen LogP contribution in [0.1, 0.15) is 19.4 Å². The Kier molecular flexibility index (Phi) is 4.83. The van der Waals surface area contributed by atoms with Crippen molar-refractivity contribution in [1.82, 2.24) is 4.90 Å². The number of rotatable bonds is 3. The summed E-state index contributed by atoms with van der Waals surface area (Å²) in [7, 11) is 3.30. The van der Waals surface area contributed by atoms with Crippen molar-refractivity contribution in [3.63, 3.8) is 0 Å². The molecular weight excluding hydrogens is 274 g/mol. The van der Waals surface area contributed by atoms with Crippen molar-refractivity contribution in [3.05, 3.63) is 23.8 Å². The molecule has 0 unspecified atom stereocenters. The highest BCUT2D eigenvalue weighted by molar-refractivity contribution is 7.80. The van der Waals surface area contributed by atoms with Gasteiger partial charge < -0.3 is 19.1 Å². The van der Waals surface area contributed by atoms with Gasteiger partial charge in [-0.15, -0.1) is 0 Å². The zero-order valence-electron chi connectivity index (χ0n) is 12.4. The van der Waals surface area contributed by atoms with Gasteiger partial charge in [-0.1, -0.05) is 12.2 Å². The molecule has 0 saturated carbocycles. The predicted molar refractivity (Wildman–Crippen MR) is 82.8 cm³/mol. The van der Waals surface area contributed by atoms with Gasteiger partial charge in [0, 0.05) is 13.1 Å². The highest BCUT2D eigenvalue weighted by Crippen LogP contribution is 2.27. The van der Waals surface area contributed by atoms with Crippen molar-refractivity contribution in [2.75, 3.05) is 27.3 Å². The lowest BCUT2D eigenvalue weighted by Crippen LogP contribution is -2.47. The van der Waals surface area contributed by atoms with E-state index in [-0.39, 0.29) is 12.2 Å². The van der Waals surface area contributed by atoms with E-state index in [2.05, 4.69) is 18.7 Å². The van der Waals surface area contributed by atoms with Crippen molar-refractivity contribution < 1.29 is 14.2 Å². The molecule has 2 rings (SSSR count). The molecule has 1 aliphatic rings. The Hall–Kier alpha value is -1.33. The third-order valence-electron chi connectivity index (χ3n) is 3.34. The number of methoxy groups -OCH3 is 2. The third-order valence-corrected chi connectivity index (χ3v) is 3.82. The number of morpholine rings is 1. The lowest BCUT2D eigenvalue weighted by Gasteiger charge is -2.37. The van der Waals surface area contributed by atoms with Gasteiger partial charge in [0.05, 0.1) is 32.0 Å². The summed E-state index contributed by atoms with van der Waals surface area (Å²) < 4.78 is 16.4. The molecule has 0 bridgehead atoms. The monoisotopic (exact) mass is 295 g/mol. The SMILES string of the molecule is COc1ccc(OC)c(C(=S)N2C[C@@H](C)O[C@@H](C)C2)c1. The average molecular weight is 295 g/mol. The summed E-state index contributed by atoms with van der Waals surface area (Å²) >= 11 is 5.64. The van der Waals surface area contributed by atoms with Gasteiger partial charge in [0.1, 0.15) is 16.5 Å². The molecule has 4 nitrogen and oxygen atoms in total. The molecule has 1 fully saturated rings. The van der Waals surface area contributed by atoms with Gasteiger partial charge in [-0.2, -0.15) is 0 Å². The van der Waals surface area contributed by atoms with Crippen LogP contribution in [0.3, 0.4) is 0 Å². The Morgan fingerprint density at radius 3 is 2.40 bits per heavy atom. The van der Waals surface area contributed by atoms with Crippen LogP contribution in [0.2, 0.25) is 0 Å². The average Bonchev–Trinajstić information content (AvgIpc) is 2.44. The first-order valence-electron chi connectivity index (χ1n) is 6.72. The van der Waals surface area contributed by atoms with E-state index in [1.165, 1.54) is 0 Å². The second-order valence-electron chi connectivity index (χ2n) is 5.03. The summed E-state index contributed by atoms with van der Waals surface area (Å²) in [6.45, 7) is 5.72. The van der Waals surface area contributed by atoms with Crippen molar-refractivity contribution in [2.45, 2.75) is 26.1 Å². The predicted octanol–water partition coefficient (Wildman–Crippen LogP) is 2.49. The fraction of sp³-hybridized carbons (Fsp3) is 0.533. The van der Waals surface area contributed by atoms with Crippen LogP contribution in [0.4, 0.5) is 0 Å². The van der Waals surface area contributed by atoms with Crippen molar-refractivity contribution in [1.29, 1.82) is 0 Å². The topological polar surface area (TPSA) is 30.9 Å². The first-order chi connectivity index (χ1) is 9.55. The van der Waals surface area contributed by atoms with Crippen LogP contribution in [-0.4, -0.2) is 49.4 Å². The Morgan fingerprint density at radius 1 is 1.20 bits per heavy atom. The summed E-state index contributed by atoms with van der Waals surface area (Å²) in [6.07, 6.45) is 0.349. The van der Waals surface area contributed by atoms with Crippen LogP contribution >= 0.6 is 12.2 Å². The van der Waals surface area contributed by atoms with E-state index in [4.69, 9.17) is 26.4 Å². The third kappa shape index (κ3) is 3.22. The molecule has 0 spiro atoms. The first-order valence-corrected chi connectivity index (χ1v) is 7.12. The van der Waals surface area contributed by atoms with E-state index in [0.29, 0.717) is 0 Å². The zero-order valence-corrected chi connectivity index (χ0v) is 13.2. The summed E-state index contributed by atoms with van der Waals surface area (Å²) in [5.74, 6) is 1.54. The van der Waals surface area contributed by atoms with E-state index in [0.717, 1.165) is 35.1 Å². The molecular formula is C15H21NO3S. The summed E-state index contributed by atoms with van der Waals surface area (Å²) in [4.78, 5) is 2.95. The van der Waals surface area contributed by atoms with Crippen LogP contribution in [0.15, 0.2) is 18.2 Å². The Balaban J connectivity index is 2.27. The van der Waals surface area contributed by atoms with E-state index in [9.17, 15) is 0 Å². The summed E-state index contributed by atoms with van der Waals surface area (Å²) in [5.41, 5.74) is 0.892. The molecule has 0 N–H and O–H groups in total. The Labute approximate surface area is 125 Å². The minimum atomic E-state index is 0.174. The molecule has 5 heteroatoms. The molecule has 1 aromatic rings. The molecule has 110 valence electrons. The number of thiocarbonyl (C=S) groups is 1. The summed E-state index contributed by atoms with van der Waals surface area (Å²) in [6, 6.07) is 5.68. The van der Waals surface area contributed by atoms with Gasteiger partial charge >= 0.3 is 0 Å². The lowest BCUT2D eigenvalue weighted by molar-refractivity contribution is -0.0472. The largest absolute Gasteiger partial charge is 0.497 e. The zero-order chi connectivity index (χ0) is 14.7. The number of ether oxygens (including phenoxy) is 3. The normalized spacial score (nSPS) is 22.5. The van der Waals surface area contributed by atoms with E-state index in [1.54, 1.807) is 14.2 Å². The molecule has 1 aromatic carbocycles. The maximum atomic E-state index is 5.75.